The van der Waals surface area contributed by atoms with E-state index in [1.807, 2.05) is 19.1 Å². The zero-order valence-corrected chi connectivity index (χ0v) is 13.4. The summed E-state index contributed by atoms with van der Waals surface area (Å²) in [5.74, 6) is -1.54. The van der Waals surface area contributed by atoms with Gasteiger partial charge in [0.2, 0.25) is 0 Å². The third kappa shape index (κ3) is 4.27. The molecule has 0 heterocycles. The van der Waals surface area contributed by atoms with Crippen molar-refractivity contribution >= 4 is 27.5 Å². The van der Waals surface area contributed by atoms with Gasteiger partial charge in [0.25, 0.3) is 5.91 Å². The highest BCUT2D eigenvalue weighted by atomic mass is 79.9. The van der Waals surface area contributed by atoms with Crippen LogP contribution in [0.3, 0.4) is 0 Å². The molecule has 3 nitrogen and oxygen atoms in total. The minimum atomic E-state index is -0.832. The lowest BCUT2D eigenvalue weighted by Crippen LogP contribution is -2.21. The molecular formula is C16H14BrF2NO2. The van der Waals surface area contributed by atoms with Crippen LogP contribution < -0.4 is 10.1 Å². The number of anilines is 1. The van der Waals surface area contributed by atoms with Gasteiger partial charge >= 0.3 is 0 Å². The van der Waals surface area contributed by atoms with Crippen molar-refractivity contribution in [3.05, 3.63) is 58.1 Å². The molecule has 6 heteroatoms. The Kier molecular flexibility index (Phi) is 5.49. The molecule has 0 aliphatic rings. The highest BCUT2D eigenvalue weighted by Crippen LogP contribution is 2.26. The Labute approximate surface area is 135 Å². The zero-order chi connectivity index (χ0) is 16.1. The minimum Gasteiger partial charge on any atom is -0.483 e. The van der Waals surface area contributed by atoms with E-state index >= 15 is 0 Å². The van der Waals surface area contributed by atoms with Gasteiger partial charge in [0.1, 0.15) is 17.4 Å². The number of rotatable bonds is 5. The summed E-state index contributed by atoms with van der Waals surface area (Å²) in [5.41, 5.74) is 1.05. The molecule has 1 N–H and O–H groups in total. The van der Waals surface area contributed by atoms with Crippen LogP contribution in [0.15, 0.2) is 40.9 Å². The second kappa shape index (κ2) is 7.35. The summed E-state index contributed by atoms with van der Waals surface area (Å²) in [7, 11) is 0. The number of halogens is 3. The third-order valence-electron chi connectivity index (χ3n) is 2.97. The molecule has 0 spiro atoms. The van der Waals surface area contributed by atoms with E-state index in [4.69, 9.17) is 4.74 Å². The standard InChI is InChI=1S/C16H14BrF2NO2/c1-2-10-3-6-15(12(17)7-10)22-9-16(21)20-14-5-4-11(18)8-13(14)19/h3-8H,2,9H2,1H3,(H,20,21). The SMILES string of the molecule is CCc1ccc(OCC(=O)Nc2ccc(F)cc2F)c(Br)c1. The zero-order valence-electron chi connectivity index (χ0n) is 11.8. The van der Waals surface area contributed by atoms with Crippen LogP contribution in [0.25, 0.3) is 0 Å². The van der Waals surface area contributed by atoms with E-state index in [2.05, 4.69) is 21.2 Å². The summed E-state index contributed by atoms with van der Waals surface area (Å²) >= 11 is 3.37. The first-order valence-electron chi connectivity index (χ1n) is 6.65. The van der Waals surface area contributed by atoms with Crippen molar-refractivity contribution in [2.24, 2.45) is 0 Å². The Morgan fingerprint density at radius 3 is 2.64 bits per heavy atom. The summed E-state index contributed by atoms with van der Waals surface area (Å²) in [5, 5.41) is 2.33. The Hall–Kier alpha value is -1.95. The van der Waals surface area contributed by atoms with Gasteiger partial charge in [-0.25, -0.2) is 8.78 Å². The third-order valence-corrected chi connectivity index (χ3v) is 3.59. The smallest absolute Gasteiger partial charge is 0.262 e. The van der Waals surface area contributed by atoms with Crippen LogP contribution in [0.4, 0.5) is 14.5 Å². The molecule has 0 bridgehead atoms. The highest BCUT2D eigenvalue weighted by molar-refractivity contribution is 9.10. The lowest BCUT2D eigenvalue weighted by atomic mass is 10.2. The highest BCUT2D eigenvalue weighted by Gasteiger charge is 2.10. The van der Waals surface area contributed by atoms with Crippen molar-refractivity contribution in [2.45, 2.75) is 13.3 Å². The van der Waals surface area contributed by atoms with Crippen LogP contribution in [0.2, 0.25) is 0 Å². The first-order valence-corrected chi connectivity index (χ1v) is 7.45. The van der Waals surface area contributed by atoms with Crippen LogP contribution in [-0.2, 0) is 11.2 Å². The second-order valence-corrected chi connectivity index (χ2v) is 5.43. The Morgan fingerprint density at radius 1 is 1.23 bits per heavy atom. The van der Waals surface area contributed by atoms with Crippen LogP contribution >= 0.6 is 15.9 Å². The average Bonchev–Trinajstić information content (AvgIpc) is 2.48. The van der Waals surface area contributed by atoms with Gasteiger partial charge in [-0.15, -0.1) is 0 Å². The van der Waals surface area contributed by atoms with Gasteiger partial charge in [-0.2, -0.15) is 0 Å². The average molecular weight is 370 g/mol. The lowest BCUT2D eigenvalue weighted by Gasteiger charge is -2.10. The van der Waals surface area contributed by atoms with Gasteiger partial charge in [0.15, 0.2) is 6.61 Å². The van der Waals surface area contributed by atoms with E-state index in [1.165, 1.54) is 0 Å². The molecule has 0 aromatic heterocycles. The van der Waals surface area contributed by atoms with E-state index < -0.39 is 17.5 Å². The van der Waals surface area contributed by atoms with Crippen LogP contribution in [0.5, 0.6) is 5.75 Å². The molecule has 0 unspecified atom stereocenters. The Morgan fingerprint density at radius 2 is 2.00 bits per heavy atom. The van der Waals surface area contributed by atoms with Crippen molar-refractivity contribution in [3.63, 3.8) is 0 Å². The fourth-order valence-electron chi connectivity index (χ4n) is 1.80. The second-order valence-electron chi connectivity index (χ2n) is 4.58. The molecule has 0 aliphatic heterocycles. The molecule has 0 aliphatic carbocycles. The number of amides is 1. The predicted octanol–water partition coefficient (Wildman–Crippen LogP) is 4.31. The van der Waals surface area contributed by atoms with Crippen LogP contribution in [-0.4, -0.2) is 12.5 Å². The molecular weight excluding hydrogens is 356 g/mol. The van der Waals surface area contributed by atoms with E-state index in [1.54, 1.807) is 6.07 Å². The molecule has 0 saturated heterocycles. The van der Waals surface area contributed by atoms with Crippen LogP contribution in [0.1, 0.15) is 12.5 Å². The topological polar surface area (TPSA) is 38.3 Å². The minimum absolute atomic E-state index is 0.0876. The molecule has 1 amide bonds. The van der Waals surface area contributed by atoms with E-state index in [0.29, 0.717) is 11.8 Å². The van der Waals surface area contributed by atoms with Gasteiger partial charge < -0.3 is 10.1 Å². The van der Waals surface area contributed by atoms with Crippen molar-refractivity contribution in [3.8, 4) is 5.75 Å². The lowest BCUT2D eigenvalue weighted by molar-refractivity contribution is -0.118. The summed E-state index contributed by atoms with van der Waals surface area (Å²) in [6.45, 7) is 1.76. The maximum Gasteiger partial charge on any atom is 0.262 e. The number of hydrogen-bond acceptors (Lipinski definition) is 2. The molecule has 0 saturated carbocycles. The number of nitrogens with one attached hydrogen (secondary N) is 1. The maximum absolute atomic E-state index is 13.4. The summed E-state index contributed by atoms with van der Waals surface area (Å²) in [6, 6.07) is 8.50. The Balaban J connectivity index is 1.95. The van der Waals surface area contributed by atoms with Gasteiger partial charge in [-0.3, -0.25) is 4.79 Å². The van der Waals surface area contributed by atoms with Crippen molar-refractivity contribution in [1.29, 1.82) is 0 Å². The molecule has 0 fully saturated rings. The summed E-state index contributed by atoms with van der Waals surface area (Å²) < 4.78 is 32.3. The number of aryl methyl sites for hydroxylation is 1. The normalized spacial score (nSPS) is 10.4. The Bertz CT molecular complexity index is 692. The van der Waals surface area contributed by atoms with E-state index in [9.17, 15) is 13.6 Å². The number of carbonyl (C=O) groups is 1. The van der Waals surface area contributed by atoms with Crippen molar-refractivity contribution in [1.82, 2.24) is 0 Å². The molecule has 2 rings (SSSR count). The van der Waals surface area contributed by atoms with E-state index in [0.717, 1.165) is 28.6 Å². The molecule has 0 radical (unpaired) electrons. The quantitative estimate of drug-likeness (QED) is 0.852. The monoisotopic (exact) mass is 369 g/mol. The largest absolute Gasteiger partial charge is 0.483 e. The summed E-state index contributed by atoms with van der Waals surface area (Å²) in [4.78, 5) is 11.7. The molecule has 2 aromatic carbocycles. The van der Waals surface area contributed by atoms with Crippen molar-refractivity contribution in [2.75, 3.05) is 11.9 Å². The maximum atomic E-state index is 13.4. The van der Waals surface area contributed by atoms with Gasteiger partial charge in [0.05, 0.1) is 10.2 Å². The fraction of sp³-hybridized carbons (Fsp3) is 0.188. The fourth-order valence-corrected chi connectivity index (χ4v) is 2.34. The molecule has 22 heavy (non-hydrogen) atoms. The molecule has 0 atom stereocenters. The van der Waals surface area contributed by atoms with Crippen LogP contribution in [0, 0.1) is 11.6 Å². The summed E-state index contributed by atoms with van der Waals surface area (Å²) in [6.07, 6.45) is 0.892. The number of hydrogen-bond donors (Lipinski definition) is 1. The number of carbonyl (C=O) groups excluding carboxylic acids is 1. The van der Waals surface area contributed by atoms with Gasteiger partial charge in [-0.1, -0.05) is 13.0 Å². The molecule has 116 valence electrons. The predicted molar refractivity (Wildman–Crippen MR) is 84.0 cm³/mol. The number of benzene rings is 2. The molecule has 2 aromatic rings. The van der Waals surface area contributed by atoms with Gasteiger partial charge in [0, 0.05) is 6.07 Å². The van der Waals surface area contributed by atoms with Crippen molar-refractivity contribution < 1.29 is 18.3 Å². The first kappa shape index (κ1) is 16.4. The number of ether oxygens (including phenoxy) is 1. The van der Waals surface area contributed by atoms with Gasteiger partial charge in [-0.05, 0) is 52.2 Å². The van der Waals surface area contributed by atoms with E-state index in [-0.39, 0.29) is 12.3 Å². The first-order chi connectivity index (χ1) is 10.5.